The average Bonchev–Trinajstić information content (AvgIpc) is 2.25. The van der Waals surface area contributed by atoms with Crippen LogP contribution in [0.5, 0.6) is 0 Å². The molecule has 1 aromatic rings. The summed E-state index contributed by atoms with van der Waals surface area (Å²) < 4.78 is 52.0. The van der Waals surface area contributed by atoms with Crippen molar-refractivity contribution in [2.45, 2.75) is 4.90 Å². The Kier molecular flexibility index (Phi) is 6.15. The zero-order valence-electron chi connectivity index (χ0n) is 9.34. The van der Waals surface area contributed by atoms with Gasteiger partial charge in [-0.15, -0.1) is 0 Å². The summed E-state index contributed by atoms with van der Waals surface area (Å²) in [5.74, 6) is 0. The molecule has 0 aliphatic carbocycles. The Morgan fingerprint density at radius 3 is 1.85 bits per heavy atom. The second-order valence-electron chi connectivity index (χ2n) is 3.11. The monoisotopic (exact) mass is 366 g/mol. The van der Waals surface area contributed by atoms with Crippen LogP contribution in [0.2, 0.25) is 0 Å². The lowest BCUT2D eigenvalue weighted by Crippen LogP contribution is -2.17. The van der Waals surface area contributed by atoms with Gasteiger partial charge in [0.1, 0.15) is 4.90 Å². The normalized spacial score (nSPS) is 13.2. The van der Waals surface area contributed by atoms with Gasteiger partial charge in [-0.3, -0.25) is 9.12 Å². The van der Waals surface area contributed by atoms with E-state index < -0.39 is 45.1 Å². The summed E-state index contributed by atoms with van der Waals surface area (Å²) in [5, 5.41) is -0.770. The zero-order valence-corrected chi connectivity index (χ0v) is 12.8. The van der Waals surface area contributed by atoms with Crippen molar-refractivity contribution in [3.05, 3.63) is 24.3 Å². The van der Waals surface area contributed by atoms with Gasteiger partial charge < -0.3 is 19.6 Å². The van der Waals surface area contributed by atoms with Crippen LogP contribution >= 0.6 is 24.8 Å². The van der Waals surface area contributed by atoms with Crippen molar-refractivity contribution < 1.29 is 45.7 Å². The summed E-state index contributed by atoms with van der Waals surface area (Å²) in [4.78, 5) is 34.0. The van der Waals surface area contributed by atoms with Crippen molar-refractivity contribution in [1.29, 1.82) is 0 Å². The third-order valence-electron chi connectivity index (χ3n) is 1.80. The van der Waals surface area contributed by atoms with Crippen LogP contribution in [0.3, 0.4) is 0 Å². The van der Waals surface area contributed by atoms with Crippen LogP contribution in [-0.4, -0.2) is 32.5 Å². The highest BCUT2D eigenvalue weighted by Gasteiger charge is 2.38. The van der Waals surface area contributed by atoms with E-state index >= 15 is 0 Å². The first-order chi connectivity index (χ1) is 9.06. The topological polar surface area (TPSA) is 171 Å². The fraction of sp³-hybridized carbons (Fsp3) is 0. The van der Waals surface area contributed by atoms with Gasteiger partial charge in [-0.2, -0.15) is 8.42 Å². The number of benzene rings is 1. The van der Waals surface area contributed by atoms with Gasteiger partial charge in [-0.05, 0) is 12.1 Å². The molecule has 0 atom stereocenters. The molecule has 0 heterocycles. The van der Waals surface area contributed by atoms with E-state index in [2.05, 4.69) is 8.62 Å². The van der Waals surface area contributed by atoms with Crippen LogP contribution in [0, 0.1) is 0 Å². The van der Waals surface area contributed by atoms with Crippen LogP contribution in [0.15, 0.2) is 29.2 Å². The van der Waals surface area contributed by atoms with Gasteiger partial charge in [0.15, 0.2) is 0 Å². The van der Waals surface area contributed by atoms with E-state index in [9.17, 15) is 13.0 Å². The lowest BCUT2D eigenvalue weighted by molar-refractivity contribution is 0.316. The minimum atomic E-state index is -4.83. The van der Waals surface area contributed by atoms with E-state index in [-0.39, 0.29) is 0 Å². The SMILES string of the molecule is O=P(OP(O)O)(OP(O)O)c1ccccc1S(=O)(=O)O. The number of hydrogen-bond donors (Lipinski definition) is 5. The molecule has 5 N–H and O–H groups in total. The quantitative estimate of drug-likeness (QED) is 0.346. The van der Waals surface area contributed by atoms with E-state index in [1.54, 1.807) is 0 Å². The fourth-order valence-electron chi connectivity index (χ4n) is 1.20. The minimum Gasteiger partial charge on any atom is -0.328 e. The average molecular weight is 366 g/mol. The Labute approximate surface area is 115 Å². The fourth-order valence-corrected chi connectivity index (χ4v) is 5.70. The first-order valence-electron chi connectivity index (χ1n) is 4.48. The molecule has 1 rings (SSSR count). The molecule has 0 spiro atoms. The molecule has 0 aliphatic rings. The van der Waals surface area contributed by atoms with Gasteiger partial charge in [0, 0.05) is 0 Å². The Hall–Kier alpha value is -0.0200. The van der Waals surface area contributed by atoms with Crippen LogP contribution in [-0.2, 0) is 23.3 Å². The second-order valence-corrected chi connectivity index (χ2v) is 8.29. The molecule has 10 nitrogen and oxygen atoms in total. The standard InChI is InChI=1S/C6H9O10P3S/c7-17(8)15-19(11,16-18(9)10)5-3-1-2-4-6(5)20(12,13)14/h1-4,7-10H,(H,12,13,14). The maximum atomic E-state index is 12.3. The highest BCUT2D eigenvalue weighted by atomic mass is 32.2. The van der Waals surface area contributed by atoms with Gasteiger partial charge in [0.25, 0.3) is 10.1 Å². The van der Waals surface area contributed by atoms with Gasteiger partial charge in [0.2, 0.25) is 0 Å². The van der Waals surface area contributed by atoms with Crippen LogP contribution in [0.1, 0.15) is 0 Å². The van der Waals surface area contributed by atoms with Crippen molar-refractivity contribution in [3.8, 4) is 0 Å². The molecule has 0 saturated carbocycles. The third kappa shape index (κ3) is 4.77. The summed E-state index contributed by atoms with van der Waals surface area (Å²) in [7, 11) is -16.2. The first-order valence-corrected chi connectivity index (χ1v) is 9.80. The largest absolute Gasteiger partial charge is 0.376 e. The summed E-state index contributed by atoms with van der Waals surface area (Å²) in [6.45, 7) is 0. The molecule has 14 heteroatoms. The number of hydrogen-bond acceptors (Lipinski definition) is 9. The molecule has 0 unspecified atom stereocenters. The van der Waals surface area contributed by atoms with Gasteiger partial charge >= 0.3 is 24.8 Å². The smallest absolute Gasteiger partial charge is 0.328 e. The molecule has 0 amide bonds. The Morgan fingerprint density at radius 2 is 1.45 bits per heavy atom. The predicted molar refractivity (Wildman–Crippen MR) is 68.4 cm³/mol. The molecule has 20 heavy (non-hydrogen) atoms. The molecular weight excluding hydrogens is 357 g/mol. The molecular formula is C6H9O10P3S. The van der Waals surface area contributed by atoms with Crippen LogP contribution in [0.4, 0.5) is 0 Å². The van der Waals surface area contributed by atoms with Crippen LogP contribution < -0.4 is 5.30 Å². The van der Waals surface area contributed by atoms with E-state index in [1.165, 1.54) is 12.1 Å². The second kappa shape index (κ2) is 6.83. The van der Waals surface area contributed by atoms with Crippen molar-refractivity contribution in [2.24, 2.45) is 0 Å². The van der Waals surface area contributed by atoms with Gasteiger partial charge in [-0.1, -0.05) is 12.1 Å². The van der Waals surface area contributed by atoms with Crippen molar-refractivity contribution in [2.75, 3.05) is 0 Å². The van der Waals surface area contributed by atoms with E-state index in [0.717, 1.165) is 12.1 Å². The number of rotatable bonds is 6. The lowest BCUT2D eigenvalue weighted by atomic mass is 10.4. The zero-order chi connectivity index (χ0) is 15.6. The molecule has 0 radical (unpaired) electrons. The molecule has 0 saturated heterocycles. The van der Waals surface area contributed by atoms with Crippen molar-refractivity contribution >= 4 is 40.2 Å². The van der Waals surface area contributed by atoms with E-state index in [1.807, 2.05) is 0 Å². The molecule has 1 aromatic carbocycles. The molecule has 0 bridgehead atoms. The summed E-state index contributed by atoms with van der Waals surface area (Å²) in [6, 6.07) is 4.11. The maximum absolute atomic E-state index is 12.3. The third-order valence-corrected chi connectivity index (χ3v) is 6.73. The van der Waals surface area contributed by atoms with E-state index in [4.69, 9.17) is 24.1 Å². The Morgan fingerprint density at radius 1 is 1.00 bits per heavy atom. The Bertz CT molecular complexity index is 599. The molecule has 0 aromatic heterocycles. The molecule has 114 valence electrons. The summed E-state index contributed by atoms with van der Waals surface area (Å²) >= 11 is 0. The summed E-state index contributed by atoms with van der Waals surface area (Å²) in [6.07, 6.45) is 0. The van der Waals surface area contributed by atoms with Crippen LogP contribution in [0.25, 0.3) is 0 Å². The molecule has 0 fully saturated rings. The van der Waals surface area contributed by atoms with Crippen molar-refractivity contribution in [1.82, 2.24) is 0 Å². The maximum Gasteiger partial charge on any atom is 0.376 e. The van der Waals surface area contributed by atoms with E-state index in [0.29, 0.717) is 0 Å². The summed E-state index contributed by atoms with van der Waals surface area (Å²) in [5.41, 5.74) is 0. The van der Waals surface area contributed by atoms with Gasteiger partial charge in [0.05, 0.1) is 5.30 Å². The first kappa shape index (κ1) is 18.0. The highest BCUT2D eigenvalue weighted by molar-refractivity contribution is 7.87. The van der Waals surface area contributed by atoms with Gasteiger partial charge in [-0.25, -0.2) is 8.62 Å². The highest BCUT2D eigenvalue weighted by Crippen LogP contribution is 2.62. The predicted octanol–water partition coefficient (Wildman–Crippen LogP) is 0.208. The van der Waals surface area contributed by atoms with Crippen molar-refractivity contribution in [3.63, 3.8) is 0 Å². The molecule has 0 aliphatic heterocycles. The Balaban J connectivity index is 3.46. The minimum absolute atomic E-state index is 0.770. The lowest BCUT2D eigenvalue weighted by Gasteiger charge is -2.19.